The first-order chi connectivity index (χ1) is 8.72. The van der Waals surface area contributed by atoms with Crippen LogP contribution in [-0.4, -0.2) is 50.6 Å². The number of rotatable bonds is 4. The molecule has 7 heteroatoms. The van der Waals surface area contributed by atoms with E-state index >= 15 is 0 Å². The van der Waals surface area contributed by atoms with E-state index in [2.05, 4.69) is 27.7 Å². The molecule has 116 valence electrons. The number of carbonyl (C=O) groups is 1. The highest BCUT2D eigenvalue weighted by atomic mass is 35.5. The Bertz CT molecular complexity index is 381. The summed E-state index contributed by atoms with van der Waals surface area (Å²) in [6.07, 6.45) is 0. The van der Waals surface area contributed by atoms with Gasteiger partial charge < -0.3 is 15.1 Å². The highest BCUT2D eigenvalue weighted by molar-refractivity contribution is 7.14. The minimum Gasteiger partial charge on any atom is -0.360 e. The van der Waals surface area contributed by atoms with Gasteiger partial charge in [-0.1, -0.05) is 6.92 Å². The average molecular weight is 340 g/mol. The summed E-state index contributed by atoms with van der Waals surface area (Å²) in [7, 11) is 1.89. The largest absolute Gasteiger partial charge is 0.360 e. The van der Waals surface area contributed by atoms with Crippen molar-refractivity contribution in [1.29, 1.82) is 0 Å². The second-order valence-corrected chi connectivity index (χ2v) is 5.65. The molecule has 1 N–H and O–H groups in total. The molecule has 20 heavy (non-hydrogen) atoms. The number of piperazine rings is 1. The van der Waals surface area contributed by atoms with Crippen molar-refractivity contribution in [3.05, 3.63) is 17.5 Å². The number of nitrogens with zero attached hydrogens (tertiary/aromatic N) is 2. The van der Waals surface area contributed by atoms with Crippen LogP contribution in [-0.2, 0) is 4.79 Å². The third-order valence-corrected chi connectivity index (χ3v) is 4.27. The van der Waals surface area contributed by atoms with Gasteiger partial charge in [0.1, 0.15) is 0 Å². The van der Waals surface area contributed by atoms with E-state index in [1.807, 2.05) is 18.9 Å². The maximum absolute atomic E-state index is 12.2. The summed E-state index contributed by atoms with van der Waals surface area (Å²) in [5.41, 5.74) is 0. The summed E-state index contributed by atoms with van der Waals surface area (Å²) in [6.45, 7) is 6.31. The van der Waals surface area contributed by atoms with Gasteiger partial charge in [0.15, 0.2) is 0 Å². The van der Waals surface area contributed by atoms with E-state index in [0.717, 1.165) is 32.7 Å². The molecule has 1 atom stereocenters. The van der Waals surface area contributed by atoms with E-state index in [1.54, 1.807) is 11.3 Å². The summed E-state index contributed by atoms with van der Waals surface area (Å²) < 4.78 is 0. The van der Waals surface area contributed by atoms with Crippen LogP contribution in [0.3, 0.4) is 0 Å². The Morgan fingerprint density at radius 3 is 2.50 bits per heavy atom. The zero-order chi connectivity index (χ0) is 13.0. The zero-order valence-corrected chi connectivity index (χ0v) is 14.3. The highest BCUT2D eigenvalue weighted by Gasteiger charge is 2.24. The fraction of sp³-hybridized carbons (Fsp3) is 0.615. The van der Waals surface area contributed by atoms with Crippen molar-refractivity contribution < 1.29 is 4.79 Å². The molecule has 0 radical (unpaired) electrons. The van der Waals surface area contributed by atoms with Gasteiger partial charge in [-0.25, -0.2) is 0 Å². The molecule has 1 saturated heterocycles. The maximum Gasteiger partial charge on any atom is 0.226 e. The molecule has 0 aromatic carbocycles. The Balaban J connectivity index is 0.00000180. The topological polar surface area (TPSA) is 35.6 Å². The van der Waals surface area contributed by atoms with Crippen molar-refractivity contribution in [2.45, 2.75) is 6.92 Å². The Morgan fingerprint density at radius 1 is 1.35 bits per heavy atom. The minimum atomic E-state index is 0. The third kappa shape index (κ3) is 4.81. The maximum atomic E-state index is 12.2. The van der Waals surface area contributed by atoms with Crippen LogP contribution in [0.5, 0.6) is 0 Å². The van der Waals surface area contributed by atoms with Crippen molar-refractivity contribution in [2.75, 3.05) is 44.7 Å². The molecule has 1 unspecified atom stereocenters. The average Bonchev–Trinajstić information content (AvgIpc) is 2.92. The van der Waals surface area contributed by atoms with Gasteiger partial charge in [-0.15, -0.1) is 36.2 Å². The van der Waals surface area contributed by atoms with Crippen LogP contribution in [0, 0.1) is 5.92 Å². The van der Waals surface area contributed by atoms with Crippen molar-refractivity contribution in [3.8, 4) is 0 Å². The third-order valence-electron chi connectivity index (χ3n) is 3.34. The standard InChI is InChI=1S/C13H21N3OS.2ClH/c1-11(10-14-2)13(17)16-7-5-15(6-8-16)12-4-3-9-18-12;;/h3-4,9,11,14H,5-8,10H2,1-2H3;2*1H. The molecule has 0 aliphatic carbocycles. The molecule has 1 aromatic rings. The number of hydrogen-bond donors (Lipinski definition) is 1. The van der Waals surface area contributed by atoms with E-state index in [-0.39, 0.29) is 36.6 Å². The number of hydrogen-bond acceptors (Lipinski definition) is 4. The molecule has 4 nitrogen and oxygen atoms in total. The molecule has 0 bridgehead atoms. The van der Waals surface area contributed by atoms with E-state index in [4.69, 9.17) is 0 Å². The van der Waals surface area contributed by atoms with Gasteiger partial charge >= 0.3 is 0 Å². The predicted octanol–water partition coefficient (Wildman–Crippen LogP) is 2.10. The van der Waals surface area contributed by atoms with Gasteiger partial charge in [-0.2, -0.15) is 0 Å². The number of nitrogens with one attached hydrogen (secondary N) is 1. The molecule has 1 aliphatic rings. The lowest BCUT2D eigenvalue weighted by Crippen LogP contribution is -2.50. The van der Waals surface area contributed by atoms with E-state index in [1.165, 1.54) is 5.00 Å². The van der Waals surface area contributed by atoms with Crippen LogP contribution < -0.4 is 10.2 Å². The van der Waals surface area contributed by atoms with Crippen molar-refractivity contribution in [3.63, 3.8) is 0 Å². The van der Waals surface area contributed by atoms with Gasteiger partial charge in [0.2, 0.25) is 5.91 Å². The van der Waals surface area contributed by atoms with Crippen molar-refractivity contribution in [2.24, 2.45) is 5.92 Å². The minimum absolute atomic E-state index is 0. The van der Waals surface area contributed by atoms with Crippen molar-refractivity contribution >= 4 is 47.1 Å². The normalized spacial score (nSPS) is 16.1. The molecule has 1 aromatic heterocycles. The van der Waals surface area contributed by atoms with Gasteiger partial charge in [-0.05, 0) is 24.6 Å². The van der Waals surface area contributed by atoms with Crippen LogP contribution >= 0.6 is 36.2 Å². The number of carbonyl (C=O) groups excluding carboxylic acids is 1. The lowest BCUT2D eigenvalue weighted by Gasteiger charge is -2.36. The van der Waals surface area contributed by atoms with Crippen molar-refractivity contribution in [1.82, 2.24) is 10.2 Å². The lowest BCUT2D eigenvalue weighted by atomic mass is 10.1. The first kappa shape index (κ1) is 19.5. The number of halogens is 2. The summed E-state index contributed by atoms with van der Waals surface area (Å²) >= 11 is 1.77. The fourth-order valence-corrected chi connectivity index (χ4v) is 3.09. The predicted molar refractivity (Wildman–Crippen MR) is 90.7 cm³/mol. The summed E-state index contributed by atoms with van der Waals surface area (Å²) in [4.78, 5) is 16.5. The van der Waals surface area contributed by atoms with Gasteiger partial charge in [-0.3, -0.25) is 4.79 Å². The monoisotopic (exact) mass is 339 g/mol. The molecule has 2 heterocycles. The Morgan fingerprint density at radius 2 is 2.00 bits per heavy atom. The number of amides is 1. The summed E-state index contributed by atoms with van der Waals surface area (Å²) in [5, 5.41) is 6.47. The highest BCUT2D eigenvalue weighted by Crippen LogP contribution is 2.22. The molecule has 1 amide bonds. The molecule has 0 spiro atoms. The molecule has 0 saturated carbocycles. The second-order valence-electron chi connectivity index (χ2n) is 4.72. The zero-order valence-electron chi connectivity index (χ0n) is 11.9. The van der Waals surface area contributed by atoms with Crippen LogP contribution in [0.2, 0.25) is 0 Å². The van der Waals surface area contributed by atoms with E-state index in [0.29, 0.717) is 0 Å². The van der Waals surface area contributed by atoms with E-state index < -0.39 is 0 Å². The fourth-order valence-electron chi connectivity index (χ4n) is 2.30. The summed E-state index contributed by atoms with van der Waals surface area (Å²) in [5.74, 6) is 0.346. The second kappa shape index (κ2) is 9.45. The Labute approximate surface area is 137 Å². The molecule has 1 aliphatic heterocycles. The van der Waals surface area contributed by atoms with E-state index in [9.17, 15) is 4.79 Å². The smallest absolute Gasteiger partial charge is 0.226 e. The SMILES string of the molecule is CNCC(C)C(=O)N1CCN(c2cccs2)CC1.Cl.Cl. The Kier molecular flexibility index (Phi) is 9.22. The van der Waals surface area contributed by atoms with Crippen LogP contribution in [0.1, 0.15) is 6.92 Å². The van der Waals surface area contributed by atoms with Crippen LogP contribution in [0.15, 0.2) is 17.5 Å². The molecule has 1 fully saturated rings. The first-order valence-electron chi connectivity index (χ1n) is 6.44. The molecular weight excluding hydrogens is 317 g/mol. The Hall–Kier alpha value is -0.490. The number of thiophene rings is 1. The van der Waals surface area contributed by atoms with Gasteiger partial charge in [0.05, 0.1) is 5.00 Å². The van der Waals surface area contributed by atoms with Crippen LogP contribution in [0.25, 0.3) is 0 Å². The molecule has 2 rings (SSSR count). The first-order valence-corrected chi connectivity index (χ1v) is 7.32. The summed E-state index contributed by atoms with van der Waals surface area (Å²) in [6, 6.07) is 4.22. The molecular formula is C13H23Cl2N3OS. The number of anilines is 1. The lowest BCUT2D eigenvalue weighted by molar-refractivity contribution is -0.135. The van der Waals surface area contributed by atoms with Gasteiger partial charge in [0, 0.05) is 38.6 Å². The van der Waals surface area contributed by atoms with Gasteiger partial charge in [0.25, 0.3) is 0 Å². The van der Waals surface area contributed by atoms with Crippen LogP contribution in [0.4, 0.5) is 5.00 Å². The quantitative estimate of drug-likeness (QED) is 0.912.